The van der Waals surface area contributed by atoms with E-state index in [-0.39, 0.29) is 0 Å². The Morgan fingerprint density at radius 1 is 1.16 bits per heavy atom. The van der Waals surface area contributed by atoms with E-state index in [1.54, 1.807) is 0 Å². The fourth-order valence-corrected chi connectivity index (χ4v) is 3.00. The Hall–Kier alpha value is -1.61. The zero-order valence-corrected chi connectivity index (χ0v) is 11.1. The van der Waals surface area contributed by atoms with Crippen LogP contribution in [0, 0.1) is 5.92 Å². The van der Waals surface area contributed by atoms with E-state index in [9.17, 15) is 0 Å². The molecule has 3 rings (SSSR count). The summed E-state index contributed by atoms with van der Waals surface area (Å²) in [4.78, 5) is 6.80. The van der Waals surface area contributed by atoms with Gasteiger partial charge in [-0.25, -0.2) is 0 Å². The number of pyridine rings is 1. The summed E-state index contributed by atoms with van der Waals surface area (Å²) in [7, 11) is 0. The maximum Gasteiger partial charge on any atom is 0.0632 e. The van der Waals surface area contributed by atoms with Crippen LogP contribution < -0.4 is 4.90 Å². The fraction of sp³-hybridized carbons (Fsp3) is 0.438. The van der Waals surface area contributed by atoms with Crippen LogP contribution >= 0.6 is 0 Å². The molecule has 0 bridgehead atoms. The monoisotopic (exact) mass is 256 g/mol. The first-order chi connectivity index (χ1) is 9.38. The third-order valence-electron chi connectivity index (χ3n) is 4.14. The van der Waals surface area contributed by atoms with Gasteiger partial charge in [-0.2, -0.15) is 0 Å². The van der Waals surface area contributed by atoms with E-state index in [0.29, 0.717) is 12.5 Å². The number of fused-ring (bicyclic) bond motifs is 1. The summed E-state index contributed by atoms with van der Waals surface area (Å²) in [6.45, 7) is 2.46. The second-order valence-electron chi connectivity index (χ2n) is 5.32. The van der Waals surface area contributed by atoms with Crippen molar-refractivity contribution in [2.75, 3.05) is 24.6 Å². The van der Waals surface area contributed by atoms with Gasteiger partial charge in [-0.1, -0.05) is 24.3 Å². The second-order valence-corrected chi connectivity index (χ2v) is 5.32. The highest BCUT2D eigenvalue weighted by Crippen LogP contribution is 2.29. The molecule has 0 spiro atoms. The second kappa shape index (κ2) is 5.57. The first-order valence-corrected chi connectivity index (χ1v) is 7.07. The molecule has 1 N–H and O–H groups in total. The van der Waals surface area contributed by atoms with Gasteiger partial charge in [0.2, 0.25) is 0 Å². The number of aromatic nitrogens is 1. The molecule has 19 heavy (non-hydrogen) atoms. The maximum atomic E-state index is 9.02. The van der Waals surface area contributed by atoms with Gasteiger partial charge in [0.1, 0.15) is 0 Å². The first-order valence-electron chi connectivity index (χ1n) is 7.07. The van der Waals surface area contributed by atoms with E-state index in [0.717, 1.165) is 19.5 Å². The summed E-state index contributed by atoms with van der Waals surface area (Å²) in [5.41, 5.74) is 1.25. The van der Waals surface area contributed by atoms with Crippen LogP contribution in [0.5, 0.6) is 0 Å². The molecule has 0 radical (unpaired) electrons. The van der Waals surface area contributed by atoms with Crippen molar-refractivity contribution in [2.24, 2.45) is 5.92 Å². The van der Waals surface area contributed by atoms with Crippen molar-refractivity contribution < 1.29 is 5.11 Å². The number of aliphatic hydroxyl groups is 1. The van der Waals surface area contributed by atoms with Gasteiger partial charge in [0.05, 0.1) is 11.9 Å². The van der Waals surface area contributed by atoms with Gasteiger partial charge in [-0.3, -0.25) is 4.98 Å². The van der Waals surface area contributed by atoms with E-state index in [1.807, 2.05) is 12.4 Å². The van der Waals surface area contributed by atoms with Gasteiger partial charge >= 0.3 is 0 Å². The van der Waals surface area contributed by atoms with E-state index < -0.39 is 0 Å². The SMILES string of the molecule is OCCC1CCN(c2cncc3ccccc23)CC1. The molecule has 2 aromatic rings. The third kappa shape index (κ3) is 2.56. The minimum Gasteiger partial charge on any atom is -0.396 e. The molecule has 3 heteroatoms. The zero-order valence-electron chi connectivity index (χ0n) is 11.1. The molecule has 1 aliphatic heterocycles. The molecule has 1 saturated heterocycles. The number of hydrogen-bond donors (Lipinski definition) is 1. The van der Waals surface area contributed by atoms with Crippen LogP contribution in [0.4, 0.5) is 5.69 Å². The molecular formula is C16H20N2O. The summed E-state index contributed by atoms with van der Waals surface area (Å²) >= 11 is 0. The summed E-state index contributed by atoms with van der Waals surface area (Å²) in [6.07, 6.45) is 7.20. The van der Waals surface area contributed by atoms with Gasteiger partial charge in [-0.15, -0.1) is 0 Å². The molecule has 0 amide bonds. The number of anilines is 1. The molecule has 100 valence electrons. The lowest BCUT2D eigenvalue weighted by atomic mass is 9.93. The van der Waals surface area contributed by atoms with Gasteiger partial charge in [0.25, 0.3) is 0 Å². The predicted octanol–water partition coefficient (Wildman–Crippen LogP) is 2.83. The van der Waals surface area contributed by atoms with E-state index in [2.05, 4.69) is 34.1 Å². The average molecular weight is 256 g/mol. The molecular weight excluding hydrogens is 236 g/mol. The highest BCUT2D eigenvalue weighted by molar-refractivity contribution is 5.93. The van der Waals surface area contributed by atoms with Crippen LogP contribution in [0.3, 0.4) is 0 Å². The fourth-order valence-electron chi connectivity index (χ4n) is 3.00. The highest BCUT2D eigenvalue weighted by atomic mass is 16.3. The predicted molar refractivity (Wildman–Crippen MR) is 78.4 cm³/mol. The molecule has 0 aliphatic carbocycles. The largest absolute Gasteiger partial charge is 0.396 e. The highest BCUT2D eigenvalue weighted by Gasteiger charge is 2.20. The molecule has 2 heterocycles. The van der Waals surface area contributed by atoms with Crippen LogP contribution in [0.2, 0.25) is 0 Å². The molecule has 1 aromatic heterocycles. The summed E-state index contributed by atoms with van der Waals surface area (Å²) in [6, 6.07) is 8.43. The first kappa shape index (κ1) is 12.4. The van der Waals surface area contributed by atoms with Crippen LogP contribution in [0.25, 0.3) is 10.8 Å². The van der Waals surface area contributed by atoms with Gasteiger partial charge in [0, 0.05) is 36.7 Å². The lowest BCUT2D eigenvalue weighted by Crippen LogP contribution is -2.34. The Kier molecular flexibility index (Phi) is 3.65. The van der Waals surface area contributed by atoms with Gasteiger partial charge < -0.3 is 10.0 Å². The van der Waals surface area contributed by atoms with E-state index >= 15 is 0 Å². The van der Waals surface area contributed by atoms with Crippen molar-refractivity contribution in [1.29, 1.82) is 0 Å². The summed E-state index contributed by atoms with van der Waals surface area (Å²) in [5, 5.41) is 11.5. The van der Waals surface area contributed by atoms with Crippen LogP contribution in [-0.4, -0.2) is 29.8 Å². The standard InChI is InChI=1S/C16H20N2O/c19-10-7-13-5-8-18(9-6-13)16-12-17-11-14-3-1-2-4-15(14)16/h1-4,11-13,19H,5-10H2. The Morgan fingerprint density at radius 3 is 2.74 bits per heavy atom. The van der Waals surface area contributed by atoms with Crippen LogP contribution in [0.1, 0.15) is 19.3 Å². The summed E-state index contributed by atoms with van der Waals surface area (Å²) < 4.78 is 0. The molecule has 0 saturated carbocycles. The number of benzene rings is 1. The van der Waals surface area contributed by atoms with Crippen LogP contribution in [0.15, 0.2) is 36.7 Å². The molecule has 0 atom stereocenters. The Labute approximate surface area is 113 Å². The topological polar surface area (TPSA) is 36.4 Å². The number of nitrogens with zero attached hydrogens (tertiary/aromatic N) is 2. The Balaban J connectivity index is 1.82. The van der Waals surface area contributed by atoms with Crippen molar-refractivity contribution in [3.63, 3.8) is 0 Å². The normalized spacial score (nSPS) is 17.0. The zero-order chi connectivity index (χ0) is 13.1. The van der Waals surface area contributed by atoms with Crippen molar-refractivity contribution >= 4 is 16.5 Å². The number of piperidine rings is 1. The molecule has 3 nitrogen and oxygen atoms in total. The summed E-state index contributed by atoms with van der Waals surface area (Å²) in [5.74, 6) is 0.684. The third-order valence-corrected chi connectivity index (χ3v) is 4.14. The molecule has 1 fully saturated rings. The average Bonchev–Trinajstić information content (AvgIpc) is 2.48. The van der Waals surface area contributed by atoms with Crippen molar-refractivity contribution in [3.8, 4) is 0 Å². The quantitative estimate of drug-likeness (QED) is 0.917. The Morgan fingerprint density at radius 2 is 1.95 bits per heavy atom. The van der Waals surface area contributed by atoms with Crippen molar-refractivity contribution in [1.82, 2.24) is 4.98 Å². The molecule has 1 aliphatic rings. The lowest BCUT2D eigenvalue weighted by Gasteiger charge is -2.33. The number of aliphatic hydroxyl groups excluding tert-OH is 1. The lowest BCUT2D eigenvalue weighted by molar-refractivity contribution is 0.240. The molecule has 1 aromatic carbocycles. The number of rotatable bonds is 3. The van der Waals surface area contributed by atoms with Gasteiger partial charge in [-0.05, 0) is 25.2 Å². The molecule has 0 unspecified atom stereocenters. The van der Waals surface area contributed by atoms with Crippen molar-refractivity contribution in [2.45, 2.75) is 19.3 Å². The van der Waals surface area contributed by atoms with Crippen LogP contribution in [-0.2, 0) is 0 Å². The smallest absolute Gasteiger partial charge is 0.0632 e. The van der Waals surface area contributed by atoms with E-state index in [1.165, 1.54) is 29.3 Å². The minimum absolute atomic E-state index is 0.320. The van der Waals surface area contributed by atoms with Gasteiger partial charge in [0.15, 0.2) is 0 Å². The number of hydrogen-bond acceptors (Lipinski definition) is 3. The van der Waals surface area contributed by atoms with Crippen molar-refractivity contribution in [3.05, 3.63) is 36.7 Å². The van der Waals surface area contributed by atoms with E-state index in [4.69, 9.17) is 5.11 Å². The Bertz CT molecular complexity index is 542. The maximum absolute atomic E-state index is 9.02. The minimum atomic E-state index is 0.320.